The van der Waals surface area contributed by atoms with Gasteiger partial charge in [0.25, 0.3) is 0 Å². The van der Waals surface area contributed by atoms with Crippen molar-refractivity contribution in [1.29, 1.82) is 0 Å². The lowest BCUT2D eigenvalue weighted by molar-refractivity contribution is -0.107. The van der Waals surface area contributed by atoms with Gasteiger partial charge in [-0.2, -0.15) is 0 Å². The Bertz CT molecular complexity index is 441. The highest BCUT2D eigenvalue weighted by atomic mass is 35.5. The Morgan fingerprint density at radius 3 is 2.58 bits per heavy atom. The number of carbonyl (C=O) groups excluding carboxylic acids is 1. The molecule has 1 aliphatic rings. The van der Waals surface area contributed by atoms with Crippen LogP contribution >= 0.6 is 11.6 Å². The summed E-state index contributed by atoms with van der Waals surface area (Å²) >= 11 is 6.42. The van der Waals surface area contributed by atoms with Crippen molar-refractivity contribution in [3.05, 3.63) is 34.3 Å². The van der Waals surface area contributed by atoms with Crippen LogP contribution in [0.3, 0.4) is 0 Å². The Kier molecular flexibility index (Phi) is 4.67. The van der Waals surface area contributed by atoms with Gasteiger partial charge < -0.3 is 4.79 Å². The molecule has 2 heteroatoms. The lowest BCUT2D eigenvalue weighted by atomic mass is 9.71. The maximum absolute atomic E-state index is 10.4. The van der Waals surface area contributed by atoms with Crippen LogP contribution in [0.2, 0.25) is 5.02 Å². The topological polar surface area (TPSA) is 17.1 Å². The molecule has 0 aliphatic heterocycles. The summed E-state index contributed by atoms with van der Waals surface area (Å²) in [7, 11) is 0. The highest BCUT2D eigenvalue weighted by molar-refractivity contribution is 6.31. The predicted octanol–water partition coefficient (Wildman–Crippen LogP) is 5.16. The van der Waals surface area contributed by atoms with Crippen LogP contribution in [0.1, 0.15) is 63.0 Å². The number of rotatable bonds is 4. The first-order valence-corrected chi connectivity index (χ1v) is 7.61. The molecule has 1 aromatic rings. The van der Waals surface area contributed by atoms with E-state index >= 15 is 0 Å². The van der Waals surface area contributed by atoms with Gasteiger partial charge in [-0.15, -0.1) is 0 Å². The fourth-order valence-corrected chi connectivity index (χ4v) is 3.35. The summed E-state index contributed by atoms with van der Waals surface area (Å²) < 4.78 is 0. The van der Waals surface area contributed by atoms with Gasteiger partial charge in [0, 0.05) is 11.4 Å². The van der Waals surface area contributed by atoms with E-state index in [0.717, 1.165) is 23.3 Å². The summed E-state index contributed by atoms with van der Waals surface area (Å²) in [6, 6.07) is 6.34. The number of hydrogen-bond acceptors (Lipinski definition) is 1. The SMILES string of the molecule is CC1(C)CCC(c2ccc(CCC=O)cc2Cl)CC1. The van der Waals surface area contributed by atoms with Gasteiger partial charge in [0.15, 0.2) is 0 Å². The van der Waals surface area contributed by atoms with Crippen molar-refractivity contribution in [2.45, 2.75) is 58.3 Å². The van der Waals surface area contributed by atoms with Gasteiger partial charge >= 0.3 is 0 Å². The largest absolute Gasteiger partial charge is 0.303 e. The molecule has 0 aromatic heterocycles. The van der Waals surface area contributed by atoms with Crippen molar-refractivity contribution in [1.82, 2.24) is 0 Å². The van der Waals surface area contributed by atoms with Crippen LogP contribution in [0, 0.1) is 5.41 Å². The monoisotopic (exact) mass is 278 g/mol. The molecule has 2 rings (SSSR count). The minimum absolute atomic E-state index is 0.493. The van der Waals surface area contributed by atoms with Crippen LogP contribution in [0.15, 0.2) is 18.2 Å². The number of hydrogen-bond donors (Lipinski definition) is 0. The normalized spacial score (nSPS) is 19.3. The molecule has 0 radical (unpaired) electrons. The van der Waals surface area contributed by atoms with Gasteiger partial charge in [-0.25, -0.2) is 0 Å². The highest BCUT2D eigenvalue weighted by Gasteiger charge is 2.28. The van der Waals surface area contributed by atoms with E-state index in [1.54, 1.807) is 0 Å². The molecule has 104 valence electrons. The van der Waals surface area contributed by atoms with E-state index in [0.29, 0.717) is 17.8 Å². The molecule has 0 heterocycles. The van der Waals surface area contributed by atoms with Crippen LogP contribution in [0.4, 0.5) is 0 Å². The Balaban J connectivity index is 2.07. The Hall–Kier alpha value is -0.820. The molecule has 1 aromatic carbocycles. The Morgan fingerprint density at radius 2 is 2.00 bits per heavy atom. The molecule has 1 fully saturated rings. The zero-order valence-corrected chi connectivity index (χ0v) is 12.7. The molecule has 0 spiro atoms. The smallest absolute Gasteiger partial charge is 0.120 e. The average molecular weight is 279 g/mol. The molecule has 0 amide bonds. The van der Waals surface area contributed by atoms with Crippen molar-refractivity contribution < 1.29 is 4.79 Å². The fraction of sp³-hybridized carbons (Fsp3) is 0.588. The molecular formula is C17H23ClO. The average Bonchev–Trinajstić information content (AvgIpc) is 2.37. The van der Waals surface area contributed by atoms with Crippen molar-refractivity contribution in [3.63, 3.8) is 0 Å². The maximum Gasteiger partial charge on any atom is 0.120 e. The lowest BCUT2D eigenvalue weighted by Gasteiger charge is -2.34. The summed E-state index contributed by atoms with van der Waals surface area (Å²) in [6.45, 7) is 4.71. The van der Waals surface area contributed by atoms with Gasteiger partial charge in [0.1, 0.15) is 6.29 Å². The minimum atomic E-state index is 0.493. The van der Waals surface area contributed by atoms with Crippen molar-refractivity contribution >= 4 is 17.9 Å². The van der Waals surface area contributed by atoms with E-state index in [9.17, 15) is 4.79 Å². The second-order valence-corrected chi connectivity index (χ2v) is 6.91. The number of halogens is 1. The molecule has 1 nitrogen and oxygen atoms in total. The molecule has 1 saturated carbocycles. The Labute approximate surface area is 121 Å². The van der Waals surface area contributed by atoms with E-state index in [1.165, 1.54) is 31.2 Å². The van der Waals surface area contributed by atoms with Gasteiger partial charge in [-0.05, 0) is 60.6 Å². The molecule has 0 saturated heterocycles. The third-order valence-corrected chi connectivity index (χ3v) is 4.72. The molecule has 0 atom stereocenters. The summed E-state index contributed by atoms with van der Waals surface area (Å²) in [4.78, 5) is 10.4. The molecule has 19 heavy (non-hydrogen) atoms. The quantitative estimate of drug-likeness (QED) is 0.696. The zero-order valence-electron chi connectivity index (χ0n) is 11.9. The summed E-state index contributed by atoms with van der Waals surface area (Å²) in [5.74, 6) is 0.612. The van der Waals surface area contributed by atoms with Crippen molar-refractivity contribution in [2.75, 3.05) is 0 Å². The van der Waals surface area contributed by atoms with E-state index in [4.69, 9.17) is 11.6 Å². The standard InChI is InChI=1S/C17H23ClO/c1-17(2)9-7-14(8-10-17)15-6-5-13(4-3-11-19)12-16(15)18/h5-6,11-12,14H,3-4,7-10H2,1-2H3. The third kappa shape index (κ3) is 3.82. The van der Waals surface area contributed by atoms with E-state index in [2.05, 4.69) is 26.0 Å². The van der Waals surface area contributed by atoms with Crippen LogP contribution < -0.4 is 0 Å². The molecule has 0 unspecified atom stereocenters. The molecule has 0 bridgehead atoms. The summed E-state index contributed by atoms with van der Waals surface area (Å²) in [6.07, 6.45) is 7.36. The molecule has 0 N–H and O–H groups in total. The number of carbonyl (C=O) groups is 1. The summed E-state index contributed by atoms with van der Waals surface area (Å²) in [5.41, 5.74) is 2.95. The number of benzene rings is 1. The van der Waals surface area contributed by atoms with Crippen LogP contribution in [0.25, 0.3) is 0 Å². The second-order valence-electron chi connectivity index (χ2n) is 6.50. The van der Waals surface area contributed by atoms with Gasteiger partial charge in [-0.3, -0.25) is 0 Å². The maximum atomic E-state index is 10.4. The highest BCUT2D eigenvalue weighted by Crippen LogP contribution is 2.44. The molecule has 1 aliphatic carbocycles. The van der Waals surface area contributed by atoms with Crippen molar-refractivity contribution in [2.24, 2.45) is 5.41 Å². The molecular weight excluding hydrogens is 256 g/mol. The van der Waals surface area contributed by atoms with E-state index in [1.807, 2.05) is 6.07 Å². The van der Waals surface area contributed by atoms with E-state index in [-0.39, 0.29) is 0 Å². The van der Waals surface area contributed by atoms with Crippen molar-refractivity contribution in [3.8, 4) is 0 Å². The lowest BCUT2D eigenvalue weighted by Crippen LogP contribution is -2.20. The first-order chi connectivity index (χ1) is 9.02. The zero-order chi connectivity index (χ0) is 13.9. The first kappa shape index (κ1) is 14.6. The van der Waals surface area contributed by atoms with Crippen LogP contribution in [-0.4, -0.2) is 6.29 Å². The third-order valence-electron chi connectivity index (χ3n) is 4.39. The Morgan fingerprint density at radius 1 is 1.32 bits per heavy atom. The second kappa shape index (κ2) is 6.09. The number of aryl methyl sites for hydroxylation is 1. The predicted molar refractivity (Wildman–Crippen MR) is 80.8 cm³/mol. The van der Waals surface area contributed by atoms with Crippen LogP contribution in [-0.2, 0) is 11.2 Å². The number of aldehydes is 1. The summed E-state index contributed by atoms with van der Waals surface area (Å²) in [5, 5.41) is 0.883. The minimum Gasteiger partial charge on any atom is -0.303 e. The van der Waals surface area contributed by atoms with E-state index < -0.39 is 0 Å². The fourth-order valence-electron chi connectivity index (χ4n) is 2.99. The van der Waals surface area contributed by atoms with Gasteiger partial charge in [0.05, 0.1) is 0 Å². The van der Waals surface area contributed by atoms with Gasteiger partial charge in [0.2, 0.25) is 0 Å². The van der Waals surface area contributed by atoms with Crippen LogP contribution in [0.5, 0.6) is 0 Å². The first-order valence-electron chi connectivity index (χ1n) is 7.24. The van der Waals surface area contributed by atoms with Gasteiger partial charge in [-0.1, -0.05) is 37.6 Å².